The Morgan fingerprint density at radius 3 is 2.64 bits per heavy atom. The molecule has 3 rings (SSSR count). The molecule has 7 heteroatoms. The fourth-order valence-corrected chi connectivity index (χ4v) is 2.81. The van der Waals surface area contributed by atoms with E-state index in [0.717, 1.165) is 5.56 Å². The first-order valence-corrected chi connectivity index (χ1v) is 8.04. The molecule has 1 fully saturated rings. The van der Waals surface area contributed by atoms with E-state index in [4.69, 9.17) is 4.74 Å². The van der Waals surface area contributed by atoms with E-state index in [2.05, 4.69) is 5.32 Å². The van der Waals surface area contributed by atoms with E-state index in [1.54, 1.807) is 18.2 Å². The third-order valence-corrected chi connectivity index (χ3v) is 4.06. The highest BCUT2D eigenvalue weighted by molar-refractivity contribution is 6.05. The van der Waals surface area contributed by atoms with Crippen LogP contribution in [0.3, 0.4) is 0 Å². The Bertz CT molecular complexity index is 801. The van der Waals surface area contributed by atoms with Crippen molar-refractivity contribution >= 4 is 23.0 Å². The minimum Gasteiger partial charge on any atom is -0.378 e. The molecule has 0 saturated carbocycles. The number of morpholine rings is 1. The number of amides is 1. The largest absolute Gasteiger partial charge is 0.378 e. The summed E-state index contributed by atoms with van der Waals surface area (Å²) in [5.41, 5.74) is 2.38. The molecule has 0 aromatic heterocycles. The molecule has 0 unspecified atom stereocenters. The van der Waals surface area contributed by atoms with Crippen LogP contribution in [-0.2, 0) is 4.74 Å². The van der Waals surface area contributed by atoms with Crippen LogP contribution in [0.5, 0.6) is 0 Å². The molecule has 1 amide bonds. The summed E-state index contributed by atoms with van der Waals surface area (Å²) >= 11 is 0. The molecule has 0 atom stereocenters. The third kappa shape index (κ3) is 3.95. The van der Waals surface area contributed by atoms with E-state index < -0.39 is 4.92 Å². The van der Waals surface area contributed by atoms with Gasteiger partial charge in [0, 0.05) is 30.4 Å². The van der Waals surface area contributed by atoms with Gasteiger partial charge in [0.2, 0.25) is 0 Å². The van der Waals surface area contributed by atoms with E-state index in [9.17, 15) is 14.9 Å². The molecule has 1 aliphatic rings. The first-order valence-electron chi connectivity index (χ1n) is 8.04. The Labute approximate surface area is 145 Å². The molecule has 1 saturated heterocycles. The number of anilines is 2. The van der Waals surface area contributed by atoms with Gasteiger partial charge in [0.05, 0.1) is 18.1 Å². The molecule has 1 N–H and O–H groups in total. The number of aryl methyl sites for hydroxylation is 1. The van der Waals surface area contributed by atoms with Crippen molar-refractivity contribution in [3.8, 4) is 0 Å². The number of rotatable bonds is 4. The van der Waals surface area contributed by atoms with E-state index in [1.807, 2.05) is 30.0 Å². The van der Waals surface area contributed by atoms with E-state index in [1.165, 1.54) is 6.07 Å². The maximum atomic E-state index is 12.4. The number of nitrogens with zero attached hydrogens (tertiary/aromatic N) is 2. The van der Waals surface area contributed by atoms with Crippen LogP contribution in [-0.4, -0.2) is 37.1 Å². The summed E-state index contributed by atoms with van der Waals surface area (Å²) in [6, 6.07) is 12.0. The van der Waals surface area contributed by atoms with Gasteiger partial charge in [-0.25, -0.2) is 0 Å². The van der Waals surface area contributed by atoms with Crippen LogP contribution in [0.2, 0.25) is 0 Å². The quantitative estimate of drug-likeness (QED) is 0.682. The second-order valence-electron chi connectivity index (χ2n) is 5.88. The molecule has 0 aliphatic carbocycles. The first kappa shape index (κ1) is 16.9. The van der Waals surface area contributed by atoms with Gasteiger partial charge in [-0.05, 0) is 36.8 Å². The fourth-order valence-electron chi connectivity index (χ4n) is 2.81. The summed E-state index contributed by atoms with van der Waals surface area (Å²) in [4.78, 5) is 25.3. The molecule has 2 aromatic carbocycles. The Morgan fingerprint density at radius 2 is 1.96 bits per heavy atom. The molecule has 0 bridgehead atoms. The maximum absolute atomic E-state index is 12.4. The molecule has 1 heterocycles. The maximum Gasteiger partial charge on any atom is 0.293 e. The van der Waals surface area contributed by atoms with Crippen LogP contribution in [0.25, 0.3) is 0 Å². The van der Waals surface area contributed by atoms with Gasteiger partial charge in [-0.3, -0.25) is 14.9 Å². The molecule has 0 radical (unpaired) electrons. The Kier molecular flexibility index (Phi) is 4.95. The Morgan fingerprint density at radius 1 is 1.20 bits per heavy atom. The fraction of sp³-hybridized carbons (Fsp3) is 0.278. The number of carbonyl (C=O) groups is 1. The second-order valence-corrected chi connectivity index (χ2v) is 5.88. The van der Waals surface area contributed by atoms with Gasteiger partial charge in [-0.2, -0.15) is 0 Å². The predicted octanol–water partition coefficient (Wildman–Crippen LogP) is 2.99. The predicted molar refractivity (Wildman–Crippen MR) is 95.3 cm³/mol. The van der Waals surface area contributed by atoms with Crippen LogP contribution in [0.1, 0.15) is 15.9 Å². The zero-order chi connectivity index (χ0) is 17.8. The van der Waals surface area contributed by atoms with Crippen LogP contribution < -0.4 is 10.2 Å². The van der Waals surface area contributed by atoms with Crippen LogP contribution in [0.4, 0.5) is 17.1 Å². The van der Waals surface area contributed by atoms with Crippen molar-refractivity contribution in [1.29, 1.82) is 0 Å². The number of carbonyl (C=O) groups excluding carboxylic acids is 1. The summed E-state index contributed by atoms with van der Waals surface area (Å²) in [6.07, 6.45) is 0. The molecule has 2 aromatic rings. The summed E-state index contributed by atoms with van der Waals surface area (Å²) in [6.45, 7) is 4.18. The summed E-state index contributed by atoms with van der Waals surface area (Å²) in [5.74, 6) is -0.373. The zero-order valence-corrected chi connectivity index (χ0v) is 13.9. The smallest absolute Gasteiger partial charge is 0.293 e. The van der Waals surface area contributed by atoms with Crippen molar-refractivity contribution in [3.05, 3.63) is 63.7 Å². The molecule has 1 aliphatic heterocycles. The molecular formula is C18H19N3O4. The lowest BCUT2D eigenvalue weighted by atomic mass is 10.1. The highest BCUT2D eigenvalue weighted by Gasteiger charge is 2.23. The van der Waals surface area contributed by atoms with Crippen LogP contribution in [0, 0.1) is 17.0 Å². The van der Waals surface area contributed by atoms with Crippen molar-refractivity contribution in [2.75, 3.05) is 36.5 Å². The van der Waals surface area contributed by atoms with Gasteiger partial charge in [-0.15, -0.1) is 0 Å². The minimum atomic E-state index is -0.450. The SMILES string of the molecule is Cc1cccc(NC(=O)c2ccc(N3CCOCC3)c([N+](=O)[O-])c2)c1. The van der Waals surface area contributed by atoms with Crippen molar-refractivity contribution in [2.24, 2.45) is 0 Å². The topological polar surface area (TPSA) is 84.7 Å². The number of nitro groups is 1. The number of benzene rings is 2. The highest BCUT2D eigenvalue weighted by atomic mass is 16.6. The molecule has 7 nitrogen and oxygen atoms in total. The van der Waals surface area contributed by atoms with Crippen LogP contribution >= 0.6 is 0 Å². The van der Waals surface area contributed by atoms with Crippen molar-refractivity contribution in [1.82, 2.24) is 0 Å². The second kappa shape index (κ2) is 7.31. The number of ether oxygens (including phenoxy) is 1. The lowest BCUT2D eigenvalue weighted by Gasteiger charge is -2.28. The highest BCUT2D eigenvalue weighted by Crippen LogP contribution is 2.30. The zero-order valence-electron chi connectivity index (χ0n) is 13.9. The van der Waals surface area contributed by atoms with E-state index in [-0.39, 0.29) is 17.2 Å². The summed E-state index contributed by atoms with van der Waals surface area (Å²) in [7, 11) is 0. The lowest BCUT2D eigenvalue weighted by molar-refractivity contribution is -0.384. The average Bonchev–Trinajstić information content (AvgIpc) is 2.62. The third-order valence-electron chi connectivity index (χ3n) is 4.06. The normalized spacial score (nSPS) is 14.2. The van der Waals surface area contributed by atoms with Crippen molar-refractivity contribution < 1.29 is 14.5 Å². The molecular weight excluding hydrogens is 322 g/mol. The Balaban J connectivity index is 1.85. The van der Waals surface area contributed by atoms with Gasteiger partial charge < -0.3 is 15.0 Å². The standard InChI is InChI=1S/C18H19N3O4/c1-13-3-2-4-15(11-13)19-18(22)14-5-6-16(17(12-14)21(23)24)20-7-9-25-10-8-20/h2-6,11-12H,7-10H2,1H3,(H,19,22). The monoisotopic (exact) mass is 341 g/mol. The molecule has 25 heavy (non-hydrogen) atoms. The molecule has 0 spiro atoms. The van der Waals surface area contributed by atoms with Gasteiger partial charge in [0.1, 0.15) is 5.69 Å². The number of hydrogen-bond donors (Lipinski definition) is 1. The van der Waals surface area contributed by atoms with Gasteiger partial charge in [0.25, 0.3) is 11.6 Å². The van der Waals surface area contributed by atoms with Crippen molar-refractivity contribution in [2.45, 2.75) is 6.92 Å². The van der Waals surface area contributed by atoms with Crippen LogP contribution in [0.15, 0.2) is 42.5 Å². The van der Waals surface area contributed by atoms with E-state index >= 15 is 0 Å². The number of hydrogen-bond acceptors (Lipinski definition) is 5. The minimum absolute atomic E-state index is 0.0706. The summed E-state index contributed by atoms with van der Waals surface area (Å²) < 4.78 is 5.28. The van der Waals surface area contributed by atoms with Crippen molar-refractivity contribution in [3.63, 3.8) is 0 Å². The average molecular weight is 341 g/mol. The summed E-state index contributed by atoms with van der Waals surface area (Å²) in [5, 5.41) is 14.2. The Hall–Kier alpha value is -2.93. The number of nitro benzene ring substituents is 1. The van der Waals surface area contributed by atoms with Gasteiger partial charge >= 0.3 is 0 Å². The number of nitrogens with one attached hydrogen (secondary N) is 1. The van der Waals surface area contributed by atoms with Gasteiger partial charge in [0.15, 0.2) is 0 Å². The first-order chi connectivity index (χ1) is 12.0. The van der Waals surface area contributed by atoms with Gasteiger partial charge in [-0.1, -0.05) is 12.1 Å². The molecule has 130 valence electrons. The van der Waals surface area contributed by atoms with E-state index in [0.29, 0.717) is 37.7 Å². The lowest BCUT2D eigenvalue weighted by Crippen LogP contribution is -2.36.